The van der Waals surface area contributed by atoms with E-state index in [2.05, 4.69) is 0 Å². The molecule has 7 nitrogen and oxygen atoms in total. The van der Waals surface area contributed by atoms with Crippen LogP contribution in [0.15, 0.2) is 42.5 Å². The average molecular weight is 364 g/mol. The summed E-state index contributed by atoms with van der Waals surface area (Å²) in [5, 5.41) is 18.5. The highest BCUT2D eigenvalue weighted by Gasteiger charge is 2.41. The number of carboxylic acid groups (broad SMARTS) is 1. The van der Waals surface area contributed by atoms with Crippen LogP contribution in [-0.2, 0) is 4.79 Å². The molecule has 0 saturated carbocycles. The number of carboxylic acids is 1. The number of likely N-dealkylation sites (tertiary alicyclic amines) is 1. The second kappa shape index (κ2) is 6.65. The number of amides is 1. The van der Waals surface area contributed by atoms with E-state index in [4.69, 9.17) is 14.7 Å². The van der Waals surface area contributed by atoms with E-state index in [0.29, 0.717) is 29.2 Å². The highest BCUT2D eigenvalue weighted by atomic mass is 16.7. The molecule has 0 bridgehead atoms. The molecular formula is C20H16N2O5. The molecule has 7 heteroatoms. The maximum atomic E-state index is 12.8. The molecule has 0 spiro atoms. The van der Waals surface area contributed by atoms with Crippen molar-refractivity contribution in [1.29, 1.82) is 5.26 Å². The van der Waals surface area contributed by atoms with Crippen LogP contribution in [0.1, 0.15) is 27.4 Å². The number of ether oxygens (including phenoxy) is 2. The maximum absolute atomic E-state index is 12.8. The fourth-order valence-electron chi connectivity index (χ4n) is 3.57. The maximum Gasteiger partial charge on any atom is 0.308 e. The Hall–Kier alpha value is -3.53. The Bertz CT molecular complexity index is 948. The SMILES string of the molecule is N#Cc1ccc(C(=O)N2C[C@@H](C(=O)O)[C@H](c3ccc4c(c3)OCO4)C2)cc1. The zero-order valence-electron chi connectivity index (χ0n) is 14.3. The van der Waals surface area contributed by atoms with Gasteiger partial charge in [0, 0.05) is 24.6 Å². The molecule has 2 atom stereocenters. The Kier molecular flexibility index (Phi) is 4.16. The van der Waals surface area contributed by atoms with E-state index in [1.807, 2.05) is 12.1 Å². The van der Waals surface area contributed by atoms with Gasteiger partial charge in [0.25, 0.3) is 5.91 Å². The molecular weight excluding hydrogens is 348 g/mol. The predicted octanol–water partition coefficient (Wildman–Crippen LogP) is 2.23. The highest BCUT2D eigenvalue weighted by Crippen LogP contribution is 2.39. The van der Waals surface area contributed by atoms with Crippen LogP contribution in [0.2, 0.25) is 0 Å². The molecule has 1 amide bonds. The van der Waals surface area contributed by atoms with Gasteiger partial charge < -0.3 is 19.5 Å². The molecule has 1 N–H and O–H groups in total. The number of aliphatic carboxylic acids is 1. The van der Waals surface area contributed by atoms with E-state index >= 15 is 0 Å². The van der Waals surface area contributed by atoms with Crippen molar-refractivity contribution in [2.24, 2.45) is 5.92 Å². The molecule has 0 unspecified atom stereocenters. The largest absolute Gasteiger partial charge is 0.481 e. The number of nitrogens with zero attached hydrogens (tertiary/aromatic N) is 2. The lowest BCUT2D eigenvalue weighted by atomic mass is 9.89. The minimum absolute atomic E-state index is 0.132. The molecule has 136 valence electrons. The Morgan fingerprint density at radius 3 is 2.52 bits per heavy atom. The van der Waals surface area contributed by atoms with Crippen molar-refractivity contribution >= 4 is 11.9 Å². The van der Waals surface area contributed by atoms with Crippen LogP contribution >= 0.6 is 0 Å². The van der Waals surface area contributed by atoms with E-state index in [9.17, 15) is 14.7 Å². The molecule has 0 aromatic heterocycles. The number of carbonyl (C=O) groups is 2. The van der Waals surface area contributed by atoms with Crippen LogP contribution in [0.3, 0.4) is 0 Å². The van der Waals surface area contributed by atoms with Gasteiger partial charge in [-0.2, -0.15) is 5.26 Å². The lowest BCUT2D eigenvalue weighted by molar-refractivity contribution is -0.141. The first-order valence-electron chi connectivity index (χ1n) is 8.48. The number of fused-ring (bicyclic) bond motifs is 1. The number of rotatable bonds is 3. The quantitative estimate of drug-likeness (QED) is 0.896. The first-order valence-corrected chi connectivity index (χ1v) is 8.48. The van der Waals surface area contributed by atoms with Gasteiger partial charge in [0.1, 0.15) is 0 Å². The van der Waals surface area contributed by atoms with Gasteiger partial charge in [-0.3, -0.25) is 9.59 Å². The van der Waals surface area contributed by atoms with Crippen LogP contribution in [-0.4, -0.2) is 41.8 Å². The fraction of sp³-hybridized carbons (Fsp3) is 0.250. The fourth-order valence-corrected chi connectivity index (χ4v) is 3.57. The number of benzene rings is 2. The monoisotopic (exact) mass is 364 g/mol. The highest BCUT2D eigenvalue weighted by molar-refractivity contribution is 5.95. The smallest absolute Gasteiger partial charge is 0.308 e. The third kappa shape index (κ3) is 3.06. The van der Waals surface area contributed by atoms with Crippen molar-refractivity contribution in [3.63, 3.8) is 0 Å². The molecule has 2 aliphatic heterocycles. The van der Waals surface area contributed by atoms with Crippen molar-refractivity contribution in [1.82, 2.24) is 4.90 Å². The Labute approximate surface area is 155 Å². The predicted molar refractivity (Wildman–Crippen MR) is 93.5 cm³/mol. The summed E-state index contributed by atoms with van der Waals surface area (Å²) in [4.78, 5) is 26.1. The summed E-state index contributed by atoms with van der Waals surface area (Å²) < 4.78 is 10.7. The molecule has 1 saturated heterocycles. The van der Waals surface area contributed by atoms with Crippen LogP contribution in [0, 0.1) is 17.2 Å². The summed E-state index contributed by atoms with van der Waals surface area (Å²) in [5.74, 6) is -0.989. The van der Waals surface area contributed by atoms with E-state index in [-0.39, 0.29) is 25.2 Å². The number of carbonyl (C=O) groups excluding carboxylic acids is 1. The normalized spacial score (nSPS) is 20.3. The number of nitriles is 1. The van der Waals surface area contributed by atoms with E-state index < -0.39 is 11.9 Å². The van der Waals surface area contributed by atoms with E-state index in [1.54, 1.807) is 41.3 Å². The lowest BCUT2D eigenvalue weighted by Crippen LogP contribution is -2.29. The topological polar surface area (TPSA) is 99.9 Å². The second-order valence-electron chi connectivity index (χ2n) is 6.56. The average Bonchev–Trinajstić information content (AvgIpc) is 3.34. The number of hydrogen-bond donors (Lipinski definition) is 1. The molecule has 2 aromatic carbocycles. The van der Waals surface area contributed by atoms with Crippen molar-refractivity contribution in [3.8, 4) is 17.6 Å². The molecule has 2 aromatic rings. The standard InChI is InChI=1S/C20H16N2O5/c21-8-12-1-3-13(4-2-12)19(23)22-9-15(16(10-22)20(24)25)14-5-6-17-18(7-14)27-11-26-17/h1-7,15-16H,9-11H2,(H,24,25)/t15-,16+/m0/s1. The van der Waals surface area contributed by atoms with Crippen LogP contribution < -0.4 is 9.47 Å². The molecule has 1 fully saturated rings. The van der Waals surface area contributed by atoms with Crippen LogP contribution in [0.4, 0.5) is 0 Å². The van der Waals surface area contributed by atoms with Gasteiger partial charge in [-0.15, -0.1) is 0 Å². The summed E-state index contributed by atoms with van der Waals surface area (Å²) >= 11 is 0. The molecule has 0 aliphatic carbocycles. The van der Waals surface area contributed by atoms with Crippen LogP contribution in [0.5, 0.6) is 11.5 Å². The molecule has 2 heterocycles. The summed E-state index contributed by atoms with van der Waals surface area (Å²) in [6, 6.07) is 13.7. The molecule has 0 radical (unpaired) electrons. The summed E-state index contributed by atoms with van der Waals surface area (Å²) in [7, 11) is 0. The van der Waals surface area contributed by atoms with Gasteiger partial charge in [-0.25, -0.2) is 0 Å². The Balaban J connectivity index is 1.59. The van der Waals surface area contributed by atoms with Crippen LogP contribution in [0.25, 0.3) is 0 Å². The Morgan fingerprint density at radius 1 is 1.07 bits per heavy atom. The van der Waals surface area contributed by atoms with E-state index in [1.165, 1.54) is 0 Å². The zero-order chi connectivity index (χ0) is 19.0. The third-order valence-corrected chi connectivity index (χ3v) is 5.01. The van der Waals surface area contributed by atoms with E-state index in [0.717, 1.165) is 5.56 Å². The van der Waals surface area contributed by atoms with Gasteiger partial charge in [0.2, 0.25) is 6.79 Å². The summed E-state index contributed by atoms with van der Waals surface area (Å²) in [6.45, 7) is 0.581. The third-order valence-electron chi connectivity index (χ3n) is 5.01. The van der Waals surface area contributed by atoms with Gasteiger partial charge in [-0.1, -0.05) is 6.07 Å². The summed E-state index contributed by atoms with van der Waals surface area (Å²) in [5.41, 5.74) is 1.71. The Morgan fingerprint density at radius 2 is 1.81 bits per heavy atom. The van der Waals surface area contributed by atoms with Gasteiger partial charge in [0.15, 0.2) is 11.5 Å². The molecule has 27 heavy (non-hydrogen) atoms. The minimum atomic E-state index is -0.937. The minimum Gasteiger partial charge on any atom is -0.481 e. The lowest BCUT2D eigenvalue weighted by Gasteiger charge is -2.17. The molecule has 2 aliphatic rings. The van der Waals surface area contributed by atoms with Crippen molar-refractivity contribution < 1.29 is 24.2 Å². The van der Waals surface area contributed by atoms with Crippen molar-refractivity contribution in [2.45, 2.75) is 5.92 Å². The summed E-state index contributed by atoms with van der Waals surface area (Å²) in [6.07, 6.45) is 0. The number of hydrogen-bond acceptors (Lipinski definition) is 5. The van der Waals surface area contributed by atoms with Crippen molar-refractivity contribution in [2.75, 3.05) is 19.9 Å². The first-order chi connectivity index (χ1) is 13.1. The van der Waals surface area contributed by atoms with Gasteiger partial charge >= 0.3 is 5.97 Å². The second-order valence-corrected chi connectivity index (χ2v) is 6.56. The van der Waals surface area contributed by atoms with Gasteiger partial charge in [-0.05, 0) is 42.0 Å². The van der Waals surface area contributed by atoms with Gasteiger partial charge in [0.05, 0.1) is 17.6 Å². The van der Waals surface area contributed by atoms with Crippen molar-refractivity contribution in [3.05, 3.63) is 59.2 Å². The zero-order valence-corrected chi connectivity index (χ0v) is 14.3. The molecule has 4 rings (SSSR count). The first kappa shape index (κ1) is 16.9.